The summed E-state index contributed by atoms with van der Waals surface area (Å²) in [5, 5.41) is 7.07. The molecule has 0 radical (unpaired) electrons. The number of nitrogens with zero attached hydrogens (tertiary/aromatic N) is 2. The van der Waals surface area contributed by atoms with E-state index in [4.69, 9.17) is 4.42 Å². The lowest BCUT2D eigenvalue weighted by Crippen LogP contribution is -1.88. The molecule has 0 spiro atoms. The molecule has 0 atom stereocenters. The van der Waals surface area contributed by atoms with Crippen molar-refractivity contribution in [3.8, 4) is 33.4 Å². The number of aromatic nitrogens is 2. The van der Waals surface area contributed by atoms with Gasteiger partial charge < -0.3 is 4.42 Å². The van der Waals surface area contributed by atoms with Crippen LogP contribution in [0.25, 0.3) is 76.9 Å². The zero-order valence-electron chi connectivity index (χ0n) is 21.0. The summed E-state index contributed by atoms with van der Waals surface area (Å²) >= 11 is 0. The Bertz CT molecular complexity index is 2110. The van der Waals surface area contributed by atoms with Crippen LogP contribution >= 0.6 is 0 Å². The first kappa shape index (κ1) is 21.8. The molecular weight excluding hydrogens is 476 g/mol. The second kappa shape index (κ2) is 8.64. The van der Waals surface area contributed by atoms with Gasteiger partial charge in [0.25, 0.3) is 0 Å². The minimum Gasteiger partial charge on any atom is -0.455 e. The van der Waals surface area contributed by atoms with E-state index in [-0.39, 0.29) is 0 Å². The fourth-order valence-corrected chi connectivity index (χ4v) is 5.73. The van der Waals surface area contributed by atoms with Crippen LogP contribution in [-0.4, -0.2) is 9.97 Å². The molecule has 39 heavy (non-hydrogen) atoms. The number of benzene rings is 5. The van der Waals surface area contributed by atoms with Crippen molar-refractivity contribution in [3.05, 3.63) is 134 Å². The Morgan fingerprint density at radius 2 is 1.00 bits per heavy atom. The van der Waals surface area contributed by atoms with Crippen molar-refractivity contribution in [2.45, 2.75) is 0 Å². The van der Waals surface area contributed by atoms with Crippen molar-refractivity contribution in [2.24, 2.45) is 0 Å². The molecule has 3 heteroatoms. The lowest BCUT2D eigenvalue weighted by Gasteiger charge is -2.12. The quantitative estimate of drug-likeness (QED) is 0.243. The number of pyridine rings is 2. The van der Waals surface area contributed by atoms with Gasteiger partial charge in [-0.1, -0.05) is 48.5 Å². The number of hydrogen-bond acceptors (Lipinski definition) is 3. The maximum atomic E-state index is 6.73. The summed E-state index contributed by atoms with van der Waals surface area (Å²) in [7, 11) is 0. The summed E-state index contributed by atoms with van der Waals surface area (Å²) in [6.45, 7) is 0. The molecule has 8 rings (SSSR count). The van der Waals surface area contributed by atoms with Gasteiger partial charge in [-0.15, -0.1) is 0 Å². The van der Waals surface area contributed by atoms with Crippen molar-refractivity contribution in [3.63, 3.8) is 0 Å². The van der Waals surface area contributed by atoms with E-state index in [1.165, 1.54) is 21.5 Å². The molecule has 5 aromatic carbocycles. The molecule has 0 N–H and O–H groups in total. The highest BCUT2D eigenvalue weighted by Crippen LogP contribution is 2.43. The second-order valence-electron chi connectivity index (χ2n) is 9.92. The maximum Gasteiger partial charge on any atom is 0.143 e. The summed E-state index contributed by atoms with van der Waals surface area (Å²) in [5.41, 5.74) is 8.50. The van der Waals surface area contributed by atoms with E-state index in [2.05, 4.69) is 119 Å². The van der Waals surface area contributed by atoms with Crippen LogP contribution in [0.1, 0.15) is 0 Å². The zero-order chi connectivity index (χ0) is 25.8. The molecule has 3 heterocycles. The van der Waals surface area contributed by atoms with Crippen molar-refractivity contribution < 1.29 is 4.42 Å². The van der Waals surface area contributed by atoms with E-state index in [1.54, 1.807) is 0 Å². The van der Waals surface area contributed by atoms with Gasteiger partial charge in [-0.3, -0.25) is 9.97 Å². The summed E-state index contributed by atoms with van der Waals surface area (Å²) < 4.78 is 6.73. The summed E-state index contributed by atoms with van der Waals surface area (Å²) in [5.74, 6) is 0. The average Bonchev–Trinajstić information content (AvgIpc) is 3.38. The predicted molar refractivity (Wildman–Crippen MR) is 161 cm³/mol. The lowest BCUT2D eigenvalue weighted by atomic mass is 9.91. The molecule has 0 amide bonds. The highest BCUT2D eigenvalue weighted by atomic mass is 16.3. The van der Waals surface area contributed by atoms with Gasteiger partial charge in [0.05, 0.1) is 0 Å². The van der Waals surface area contributed by atoms with Crippen LogP contribution in [0, 0.1) is 0 Å². The van der Waals surface area contributed by atoms with Gasteiger partial charge in [0.15, 0.2) is 0 Å². The van der Waals surface area contributed by atoms with Crippen LogP contribution in [0.3, 0.4) is 0 Å². The van der Waals surface area contributed by atoms with Crippen LogP contribution in [0.2, 0.25) is 0 Å². The van der Waals surface area contributed by atoms with Crippen molar-refractivity contribution in [1.82, 2.24) is 9.97 Å². The van der Waals surface area contributed by atoms with Gasteiger partial charge in [-0.05, 0) is 110 Å². The largest absolute Gasteiger partial charge is 0.455 e. The molecule has 0 saturated carbocycles. The Balaban J connectivity index is 1.48. The van der Waals surface area contributed by atoms with Crippen LogP contribution in [0.4, 0.5) is 0 Å². The minimum atomic E-state index is 0.904. The lowest BCUT2D eigenvalue weighted by molar-refractivity contribution is 0.671. The first-order chi connectivity index (χ1) is 19.3. The molecule has 0 bridgehead atoms. The summed E-state index contributed by atoms with van der Waals surface area (Å²) in [6, 6.07) is 38.7. The van der Waals surface area contributed by atoms with Gasteiger partial charge in [0.1, 0.15) is 11.2 Å². The molecule has 3 nitrogen and oxygen atoms in total. The fraction of sp³-hybridized carbons (Fsp3) is 0. The smallest absolute Gasteiger partial charge is 0.143 e. The van der Waals surface area contributed by atoms with Gasteiger partial charge in [-0.2, -0.15) is 0 Å². The van der Waals surface area contributed by atoms with Crippen LogP contribution in [-0.2, 0) is 0 Å². The van der Waals surface area contributed by atoms with Gasteiger partial charge in [-0.25, -0.2) is 0 Å². The van der Waals surface area contributed by atoms with Crippen molar-refractivity contribution >= 4 is 43.5 Å². The van der Waals surface area contributed by atoms with E-state index in [1.807, 2.05) is 24.8 Å². The number of hydrogen-bond donors (Lipinski definition) is 0. The first-order valence-corrected chi connectivity index (χ1v) is 13.0. The predicted octanol–water partition coefficient (Wildman–Crippen LogP) is 9.68. The van der Waals surface area contributed by atoms with Gasteiger partial charge in [0, 0.05) is 41.1 Å². The average molecular weight is 499 g/mol. The van der Waals surface area contributed by atoms with E-state index in [9.17, 15) is 0 Å². The third-order valence-corrected chi connectivity index (χ3v) is 7.60. The number of rotatable bonds is 3. The van der Waals surface area contributed by atoms with E-state index >= 15 is 0 Å². The minimum absolute atomic E-state index is 0.904. The van der Waals surface area contributed by atoms with Crippen molar-refractivity contribution in [2.75, 3.05) is 0 Å². The Labute approximate surface area is 225 Å². The third kappa shape index (κ3) is 3.59. The standard InChI is InChI=1S/C36H22N2O/c1-2-6-26-22-34-33(20-25(26)5-1)35-31-8-4-3-7-27(31)21-32(36(35)39-34)30-18-28(23-9-13-37-14-10-23)17-29(19-30)24-11-15-38-16-12-24/h1-22H. The van der Waals surface area contributed by atoms with Crippen molar-refractivity contribution in [1.29, 1.82) is 0 Å². The number of fused-ring (bicyclic) bond motifs is 6. The zero-order valence-corrected chi connectivity index (χ0v) is 21.0. The topological polar surface area (TPSA) is 38.9 Å². The SMILES string of the molecule is c1ccc2cc3c(cc2c1)oc1c(-c2cc(-c4ccncc4)cc(-c4ccncc4)c2)cc2ccccc2c13. The Morgan fingerprint density at radius 1 is 0.436 bits per heavy atom. The Hall–Kier alpha value is -5.28. The Morgan fingerprint density at radius 3 is 1.67 bits per heavy atom. The molecule has 182 valence electrons. The fourth-order valence-electron chi connectivity index (χ4n) is 5.73. The molecule has 0 unspecified atom stereocenters. The van der Waals surface area contributed by atoms with Crippen LogP contribution < -0.4 is 0 Å². The second-order valence-corrected chi connectivity index (χ2v) is 9.92. The third-order valence-electron chi connectivity index (χ3n) is 7.60. The Kier molecular flexibility index (Phi) is 4.82. The molecule has 8 aromatic rings. The highest BCUT2D eigenvalue weighted by molar-refractivity contribution is 6.24. The molecule has 0 aliphatic heterocycles. The molecule has 0 aliphatic carbocycles. The molecule has 0 saturated heterocycles. The maximum absolute atomic E-state index is 6.73. The van der Waals surface area contributed by atoms with Gasteiger partial charge in [0.2, 0.25) is 0 Å². The van der Waals surface area contributed by atoms with E-state index in [0.717, 1.165) is 55.3 Å². The molecule has 3 aromatic heterocycles. The monoisotopic (exact) mass is 498 g/mol. The van der Waals surface area contributed by atoms with Crippen LogP contribution in [0.15, 0.2) is 138 Å². The summed E-state index contributed by atoms with van der Waals surface area (Å²) in [4.78, 5) is 8.46. The van der Waals surface area contributed by atoms with Crippen LogP contribution in [0.5, 0.6) is 0 Å². The summed E-state index contributed by atoms with van der Waals surface area (Å²) in [6.07, 6.45) is 7.36. The van der Waals surface area contributed by atoms with Gasteiger partial charge >= 0.3 is 0 Å². The van der Waals surface area contributed by atoms with E-state index in [0.29, 0.717) is 0 Å². The first-order valence-electron chi connectivity index (χ1n) is 13.0. The molecule has 0 aliphatic rings. The van der Waals surface area contributed by atoms with E-state index < -0.39 is 0 Å². The molecular formula is C36H22N2O. The normalized spacial score (nSPS) is 11.6. The number of furan rings is 1. The highest BCUT2D eigenvalue weighted by Gasteiger charge is 2.18. The molecule has 0 fully saturated rings.